The Kier molecular flexibility index (Phi) is 4.63. The molecule has 1 atom stereocenters. The second-order valence-corrected chi connectivity index (χ2v) is 6.78. The molecule has 1 saturated heterocycles. The quantitative estimate of drug-likeness (QED) is 0.871. The smallest absolute Gasteiger partial charge is 0.322 e. The van der Waals surface area contributed by atoms with Gasteiger partial charge in [-0.05, 0) is 31.6 Å². The number of piperidine rings is 1. The lowest BCUT2D eigenvalue weighted by atomic mass is 10.1. The molecule has 0 aliphatic carbocycles. The van der Waals surface area contributed by atoms with E-state index >= 15 is 0 Å². The lowest BCUT2D eigenvalue weighted by Crippen LogP contribution is -2.43. The number of nitrogens with one attached hydrogen (secondary N) is 1. The summed E-state index contributed by atoms with van der Waals surface area (Å²) in [7, 11) is 0. The summed E-state index contributed by atoms with van der Waals surface area (Å²) in [5.41, 5.74) is 1.14. The van der Waals surface area contributed by atoms with Gasteiger partial charge in [0.2, 0.25) is 10.3 Å². The molecule has 0 radical (unpaired) electrons. The Balaban J connectivity index is 1.62. The Labute approximate surface area is 137 Å². The number of carbonyl (C=O) groups excluding carboxylic acids is 1. The van der Waals surface area contributed by atoms with Crippen LogP contribution in [0.3, 0.4) is 0 Å². The summed E-state index contributed by atoms with van der Waals surface area (Å²) in [6, 6.07) is 0.127. The molecular weight excluding hydrogens is 320 g/mol. The van der Waals surface area contributed by atoms with Gasteiger partial charge in [0.25, 0.3) is 0 Å². The fourth-order valence-electron chi connectivity index (χ4n) is 2.50. The van der Waals surface area contributed by atoms with Gasteiger partial charge in [0.15, 0.2) is 0 Å². The minimum absolute atomic E-state index is 0.114. The van der Waals surface area contributed by atoms with Gasteiger partial charge in [-0.25, -0.2) is 4.79 Å². The summed E-state index contributed by atoms with van der Waals surface area (Å²) in [5.74, 6) is 0. The minimum atomic E-state index is -0.114. The maximum Gasteiger partial charge on any atom is 0.323 e. The molecule has 1 aliphatic rings. The molecule has 1 fully saturated rings. The number of likely N-dealkylation sites (tertiary alicyclic amines) is 1. The lowest BCUT2D eigenvalue weighted by Gasteiger charge is -2.32. The van der Waals surface area contributed by atoms with Crippen molar-refractivity contribution in [2.24, 2.45) is 0 Å². The molecule has 1 N–H and O–H groups in total. The van der Waals surface area contributed by atoms with Crippen LogP contribution >= 0.6 is 23.3 Å². The standard InChI is InChI=1S/C13H18N6OS2/c1-9-6-14-19(7-9)10-4-3-5-18(8-10)13(20)16-11-15-12(21-2)17-22-11/h6-7,10H,3-5,8H2,1-2H3,(H,15,16,17,20)/t10-/m0/s1. The number of amides is 2. The van der Waals surface area contributed by atoms with Crippen LogP contribution in [-0.4, -0.2) is 49.4 Å². The summed E-state index contributed by atoms with van der Waals surface area (Å²) in [5, 5.41) is 8.43. The van der Waals surface area contributed by atoms with Crippen molar-refractivity contribution in [3.63, 3.8) is 0 Å². The Bertz CT molecular complexity index is 655. The van der Waals surface area contributed by atoms with Gasteiger partial charge >= 0.3 is 6.03 Å². The maximum atomic E-state index is 12.4. The van der Waals surface area contributed by atoms with Crippen molar-refractivity contribution in [2.45, 2.75) is 31.0 Å². The molecule has 2 amide bonds. The van der Waals surface area contributed by atoms with Crippen molar-refractivity contribution in [3.8, 4) is 0 Å². The van der Waals surface area contributed by atoms with Crippen molar-refractivity contribution in [3.05, 3.63) is 18.0 Å². The van der Waals surface area contributed by atoms with Gasteiger partial charge in [0.05, 0.1) is 12.2 Å². The molecule has 0 aromatic carbocycles. The summed E-state index contributed by atoms with van der Waals surface area (Å²) < 4.78 is 6.11. The fraction of sp³-hybridized carbons (Fsp3) is 0.538. The van der Waals surface area contributed by atoms with E-state index in [0.717, 1.165) is 24.9 Å². The molecule has 3 heterocycles. The van der Waals surface area contributed by atoms with E-state index in [0.29, 0.717) is 16.8 Å². The van der Waals surface area contributed by atoms with E-state index in [-0.39, 0.29) is 12.1 Å². The molecule has 2 aromatic rings. The second kappa shape index (κ2) is 6.66. The highest BCUT2D eigenvalue weighted by Crippen LogP contribution is 2.23. The summed E-state index contributed by atoms with van der Waals surface area (Å²) in [4.78, 5) is 18.4. The predicted octanol–water partition coefficient (Wildman–Crippen LogP) is 2.63. The highest BCUT2D eigenvalue weighted by atomic mass is 32.2. The average Bonchev–Trinajstić information content (AvgIpc) is 3.16. The first-order chi connectivity index (χ1) is 10.7. The van der Waals surface area contributed by atoms with E-state index in [4.69, 9.17) is 0 Å². The first-order valence-corrected chi connectivity index (χ1v) is 9.10. The van der Waals surface area contributed by atoms with Crippen molar-refractivity contribution in [2.75, 3.05) is 24.7 Å². The highest BCUT2D eigenvalue weighted by molar-refractivity contribution is 7.98. The number of aromatic nitrogens is 4. The molecule has 1 aliphatic heterocycles. The lowest BCUT2D eigenvalue weighted by molar-refractivity contribution is 0.174. The third-order valence-corrected chi connectivity index (χ3v) is 4.89. The number of rotatable bonds is 3. The summed E-state index contributed by atoms with van der Waals surface area (Å²) >= 11 is 2.67. The van der Waals surface area contributed by atoms with Crippen molar-refractivity contribution in [1.29, 1.82) is 0 Å². The van der Waals surface area contributed by atoms with Crippen LogP contribution in [0.1, 0.15) is 24.4 Å². The van der Waals surface area contributed by atoms with E-state index in [9.17, 15) is 4.79 Å². The van der Waals surface area contributed by atoms with Gasteiger partial charge in [-0.15, -0.1) is 0 Å². The number of urea groups is 1. The minimum Gasteiger partial charge on any atom is -0.322 e. The zero-order valence-corrected chi connectivity index (χ0v) is 14.2. The van der Waals surface area contributed by atoms with Gasteiger partial charge in [0, 0.05) is 30.8 Å². The number of hydrogen-bond donors (Lipinski definition) is 1. The van der Waals surface area contributed by atoms with Crippen LogP contribution in [0, 0.1) is 6.92 Å². The van der Waals surface area contributed by atoms with Crippen molar-refractivity contribution >= 4 is 34.5 Å². The Morgan fingerprint density at radius 3 is 3.09 bits per heavy atom. The largest absolute Gasteiger partial charge is 0.323 e. The second-order valence-electron chi connectivity index (χ2n) is 5.26. The first-order valence-electron chi connectivity index (χ1n) is 7.10. The van der Waals surface area contributed by atoms with Crippen LogP contribution in [-0.2, 0) is 0 Å². The zero-order chi connectivity index (χ0) is 15.5. The number of aryl methyl sites for hydroxylation is 1. The monoisotopic (exact) mass is 338 g/mol. The van der Waals surface area contributed by atoms with Gasteiger partial charge in [-0.3, -0.25) is 10.00 Å². The molecular formula is C13H18N6OS2. The van der Waals surface area contributed by atoms with E-state index in [1.54, 1.807) is 0 Å². The van der Waals surface area contributed by atoms with Crippen molar-refractivity contribution < 1.29 is 4.79 Å². The molecule has 2 aromatic heterocycles. The normalized spacial score (nSPS) is 18.5. The molecule has 0 unspecified atom stereocenters. The molecule has 7 nitrogen and oxygen atoms in total. The topological polar surface area (TPSA) is 75.9 Å². The Morgan fingerprint density at radius 1 is 1.55 bits per heavy atom. The molecule has 118 valence electrons. The number of nitrogens with zero attached hydrogens (tertiary/aromatic N) is 5. The third kappa shape index (κ3) is 3.41. The molecule has 3 rings (SSSR count). The number of anilines is 1. The van der Waals surface area contributed by atoms with Crippen LogP contribution in [0.5, 0.6) is 0 Å². The van der Waals surface area contributed by atoms with E-state index in [1.807, 2.05) is 35.2 Å². The summed E-state index contributed by atoms with van der Waals surface area (Å²) in [6.45, 7) is 3.45. The highest BCUT2D eigenvalue weighted by Gasteiger charge is 2.25. The van der Waals surface area contributed by atoms with Gasteiger partial charge in [-0.2, -0.15) is 14.5 Å². The Morgan fingerprint density at radius 2 is 2.41 bits per heavy atom. The molecule has 9 heteroatoms. The number of thioether (sulfide) groups is 1. The van der Waals surface area contributed by atoms with Crippen molar-refractivity contribution in [1.82, 2.24) is 24.0 Å². The van der Waals surface area contributed by atoms with Crippen LogP contribution in [0.4, 0.5) is 9.93 Å². The zero-order valence-electron chi connectivity index (χ0n) is 12.5. The average molecular weight is 338 g/mol. The number of carbonyl (C=O) groups is 1. The van der Waals surface area contributed by atoms with Gasteiger partial charge in [0.1, 0.15) is 0 Å². The number of hydrogen-bond acceptors (Lipinski definition) is 6. The SMILES string of the molecule is CSc1nsc(NC(=O)N2CCC[C@H](n3cc(C)cn3)C2)n1. The fourth-order valence-corrected chi connectivity index (χ4v) is 3.62. The van der Waals surface area contributed by atoms with E-state index in [1.165, 1.54) is 23.3 Å². The van der Waals surface area contributed by atoms with Crippen LogP contribution in [0.2, 0.25) is 0 Å². The van der Waals surface area contributed by atoms with E-state index < -0.39 is 0 Å². The van der Waals surface area contributed by atoms with Gasteiger partial charge < -0.3 is 4.90 Å². The van der Waals surface area contributed by atoms with Gasteiger partial charge in [-0.1, -0.05) is 11.8 Å². The first kappa shape index (κ1) is 15.3. The van der Waals surface area contributed by atoms with Crippen LogP contribution < -0.4 is 5.32 Å². The molecule has 0 saturated carbocycles. The maximum absolute atomic E-state index is 12.4. The Hall–Kier alpha value is -1.61. The summed E-state index contributed by atoms with van der Waals surface area (Å²) in [6.07, 6.45) is 7.81. The van der Waals surface area contributed by atoms with Crippen LogP contribution in [0.15, 0.2) is 17.6 Å². The molecule has 22 heavy (non-hydrogen) atoms. The predicted molar refractivity (Wildman–Crippen MR) is 87.5 cm³/mol. The molecule has 0 bridgehead atoms. The third-order valence-electron chi connectivity index (χ3n) is 3.59. The van der Waals surface area contributed by atoms with E-state index in [2.05, 4.69) is 19.8 Å². The molecule has 0 spiro atoms. The van der Waals surface area contributed by atoms with Crippen LogP contribution in [0.25, 0.3) is 0 Å².